The lowest BCUT2D eigenvalue weighted by Gasteiger charge is -2.21. The fourth-order valence-corrected chi connectivity index (χ4v) is 9.75. The average molecular weight is 601 g/mol. The fourth-order valence-electron chi connectivity index (χ4n) is 5.21. The molecule has 0 radical (unpaired) electrons. The Morgan fingerprint density at radius 3 is 1.42 bits per heavy atom. The summed E-state index contributed by atoms with van der Waals surface area (Å²) in [7, 11) is 7.05. The van der Waals surface area contributed by atoms with Gasteiger partial charge in [-0.3, -0.25) is 0 Å². The van der Waals surface area contributed by atoms with Gasteiger partial charge in [-0.1, -0.05) is 134 Å². The van der Waals surface area contributed by atoms with Crippen molar-refractivity contribution in [3.63, 3.8) is 0 Å². The third-order valence-corrected chi connectivity index (χ3v) is 12.9. The summed E-state index contributed by atoms with van der Waals surface area (Å²) in [6, 6.07) is 8.99. The number of rotatable bonds is 14. The number of hydrogen-bond acceptors (Lipinski definition) is 6. The molecule has 1 aromatic carbocycles. The molecule has 0 amide bonds. The second kappa shape index (κ2) is 19.5. The Kier molecular flexibility index (Phi) is 16.7. The van der Waals surface area contributed by atoms with E-state index in [1.165, 1.54) is 101 Å². The van der Waals surface area contributed by atoms with E-state index in [9.17, 15) is 0 Å². The molecule has 2 N–H and O–H groups in total. The Hall–Kier alpha value is 0.400. The molecule has 0 unspecified atom stereocenters. The quantitative estimate of drug-likeness (QED) is 0.124. The van der Waals surface area contributed by atoms with Crippen molar-refractivity contribution in [3.05, 3.63) is 35.4 Å². The van der Waals surface area contributed by atoms with Crippen LogP contribution in [0.15, 0.2) is 24.3 Å². The van der Waals surface area contributed by atoms with Gasteiger partial charge in [0.1, 0.15) is 8.64 Å². The molecule has 0 spiro atoms. The smallest absolute Gasteiger partial charge is 0.144 e. The van der Waals surface area contributed by atoms with Crippen LogP contribution in [-0.4, -0.2) is 21.7 Å². The molecule has 2 aliphatic carbocycles. The van der Waals surface area contributed by atoms with Crippen LogP contribution in [0.3, 0.4) is 0 Å². The first kappa shape index (κ1) is 30.9. The minimum absolute atomic E-state index is 0.923. The third kappa shape index (κ3) is 14.0. The third-order valence-electron chi connectivity index (χ3n) is 7.31. The van der Waals surface area contributed by atoms with Crippen LogP contribution in [0.4, 0.5) is 0 Å². The number of benzene rings is 1. The van der Waals surface area contributed by atoms with E-state index in [0.29, 0.717) is 0 Å². The van der Waals surface area contributed by atoms with Crippen molar-refractivity contribution >= 4 is 76.3 Å². The van der Waals surface area contributed by atoms with Crippen molar-refractivity contribution in [3.8, 4) is 0 Å². The fraction of sp³-hybridized carbons (Fsp3) is 0.714. The van der Waals surface area contributed by atoms with E-state index < -0.39 is 0 Å². The van der Waals surface area contributed by atoms with Gasteiger partial charge in [0.25, 0.3) is 0 Å². The highest BCUT2D eigenvalue weighted by Crippen LogP contribution is 2.30. The normalized spacial score (nSPS) is 17.1. The second-order valence-electron chi connectivity index (χ2n) is 10.2. The molecule has 36 heavy (non-hydrogen) atoms. The van der Waals surface area contributed by atoms with Crippen LogP contribution < -0.4 is 10.6 Å². The summed E-state index contributed by atoms with van der Waals surface area (Å²) >= 11 is 11.0. The van der Waals surface area contributed by atoms with Crippen LogP contribution in [0.5, 0.6) is 0 Å². The van der Waals surface area contributed by atoms with E-state index in [2.05, 4.69) is 34.9 Å². The molecule has 0 saturated heterocycles. The van der Waals surface area contributed by atoms with Crippen molar-refractivity contribution in [2.45, 2.75) is 101 Å². The maximum atomic E-state index is 5.50. The van der Waals surface area contributed by atoms with Crippen LogP contribution in [0.25, 0.3) is 0 Å². The van der Waals surface area contributed by atoms with Gasteiger partial charge in [0.05, 0.1) is 0 Å². The standard InChI is InChI=1S/C28H44N2S6/c31-27(29-19-7-13-23-9-3-1-4-10-23)35-33-21-25-15-17-26(18-16-25)22-34-36-28(32)30-20-8-14-24-11-5-2-6-12-24/h15-18,23-24H,1-14,19-22H2,(H,29,31)(H,30,32). The summed E-state index contributed by atoms with van der Waals surface area (Å²) in [5.41, 5.74) is 2.70. The predicted octanol–water partition coefficient (Wildman–Crippen LogP) is 9.92. The van der Waals surface area contributed by atoms with Crippen LogP contribution in [0, 0.1) is 11.8 Å². The number of thiocarbonyl (C=S) groups is 2. The molecule has 2 fully saturated rings. The maximum absolute atomic E-state index is 5.50. The average Bonchev–Trinajstić information content (AvgIpc) is 2.91. The van der Waals surface area contributed by atoms with Crippen molar-refractivity contribution < 1.29 is 0 Å². The van der Waals surface area contributed by atoms with E-state index in [0.717, 1.165) is 45.1 Å². The Morgan fingerprint density at radius 1 is 0.639 bits per heavy atom. The Balaban J connectivity index is 1.16. The molecule has 0 bridgehead atoms. The van der Waals surface area contributed by atoms with Crippen molar-refractivity contribution in [1.29, 1.82) is 0 Å². The van der Waals surface area contributed by atoms with Gasteiger partial charge in [0.2, 0.25) is 0 Å². The van der Waals surface area contributed by atoms with E-state index in [-0.39, 0.29) is 0 Å². The molecule has 1 aromatic rings. The predicted molar refractivity (Wildman–Crippen MR) is 177 cm³/mol. The molecule has 2 nitrogen and oxygen atoms in total. The monoisotopic (exact) mass is 600 g/mol. The molecular formula is C28H44N2S6. The zero-order chi connectivity index (χ0) is 25.3. The van der Waals surface area contributed by atoms with E-state index >= 15 is 0 Å². The Labute approximate surface area is 247 Å². The van der Waals surface area contributed by atoms with Gasteiger partial charge >= 0.3 is 0 Å². The van der Waals surface area contributed by atoms with Gasteiger partial charge in [-0.2, -0.15) is 0 Å². The molecule has 202 valence electrons. The Morgan fingerprint density at radius 2 is 1.03 bits per heavy atom. The summed E-state index contributed by atoms with van der Waals surface area (Å²) in [4.78, 5) is 0. The van der Waals surface area contributed by atoms with Crippen LogP contribution in [0.1, 0.15) is 101 Å². The van der Waals surface area contributed by atoms with Gasteiger partial charge < -0.3 is 10.6 Å². The van der Waals surface area contributed by atoms with E-state index in [1.54, 1.807) is 21.6 Å². The van der Waals surface area contributed by atoms with E-state index in [1.807, 2.05) is 21.6 Å². The van der Waals surface area contributed by atoms with Gasteiger partial charge in [-0.05, 0) is 70.2 Å². The molecule has 0 atom stereocenters. The first-order valence-corrected chi connectivity index (χ1v) is 19.4. The van der Waals surface area contributed by atoms with E-state index in [4.69, 9.17) is 24.4 Å². The molecule has 2 aliphatic rings. The lowest BCUT2D eigenvalue weighted by molar-refractivity contribution is 0.333. The lowest BCUT2D eigenvalue weighted by Crippen LogP contribution is -2.20. The second-order valence-corrected chi connectivity index (χ2v) is 16.2. The summed E-state index contributed by atoms with van der Waals surface area (Å²) in [5, 5.41) is 6.87. The van der Waals surface area contributed by atoms with Crippen LogP contribution in [0.2, 0.25) is 0 Å². The van der Waals surface area contributed by atoms with Crippen molar-refractivity contribution in [1.82, 2.24) is 10.6 Å². The maximum Gasteiger partial charge on any atom is 0.144 e. The zero-order valence-electron chi connectivity index (χ0n) is 21.6. The minimum Gasteiger partial charge on any atom is -0.370 e. The highest BCUT2D eigenvalue weighted by atomic mass is 33.1. The minimum atomic E-state index is 0.923. The first-order valence-electron chi connectivity index (χ1n) is 13.9. The highest BCUT2D eigenvalue weighted by molar-refractivity contribution is 8.83. The van der Waals surface area contributed by atoms with Crippen molar-refractivity contribution in [2.75, 3.05) is 13.1 Å². The largest absolute Gasteiger partial charge is 0.370 e. The van der Waals surface area contributed by atoms with Crippen LogP contribution in [-0.2, 0) is 11.5 Å². The van der Waals surface area contributed by atoms with Gasteiger partial charge in [-0.15, -0.1) is 0 Å². The number of nitrogens with one attached hydrogen (secondary N) is 2. The molecule has 3 rings (SSSR count). The number of hydrogen-bond donors (Lipinski definition) is 2. The first-order chi connectivity index (χ1) is 17.7. The molecule has 0 aromatic heterocycles. The molecule has 0 heterocycles. The lowest BCUT2D eigenvalue weighted by atomic mass is 9.86. The summed E-state index contributed by atoms with van der Waals surface area (Å²) in [6.07, 6.45) is 19.6. The SMILES string of the molecule is S=C(NCCCC1CCCCC1)SSCc1ccc(CSSC(=S)NCCCC2CCCCC2)cc1. The van der Waals surface area contributed by atoms with Gasteiger partial charge in [-0.25, -0.2) is 0 Å². The molecular weight excluding hydrogens is 557 g/mol. The molecule has 8 heteroatoms. The van der Waals surface area contributed by atoms with Gasteiger partial charge in [0, 0.05) is 24.6 Å². The summed E-state index contributed by atoms with van der Waals surface area (Å²) in [6.45, 7) is 2.04. The Bertz CT molecular complexity index is 682. The summed E-state index contributed by atoms with van der Waals surface area (Å²) in [5.74, 6) is 3.88. The highest BCUT2D eigenvalue weighted by Gasteiger charge is 2.13. The topological polar surface area (TPSA) is 24.1 Å². The molecule has 0 aliphatic heterocycles. The van der Waals surface area contributed by atoms with Crippen molar-refractivity contribution in [2.24, 2.45) is 11.8 Å². The van der Waals surface area contributed by atoms with Gasteiger partial charge in [0.15, 0.2) is 0 Å². The van der Waals surface area contributed by atoms with Crippen LogP contribution >= 0.6 is 67.6 Å². The molecule has 2 saturated carbocycles. The zero-order valence-corrected chi connectivity index (χ0v) is 26.5. The summed E-state index contributed by atoms with van der Waals surface area (Å²) < 4.78 is 1.85.